The molecule has 29 heavy (non-hydrogen) atoms. The maximum absolute atomic E-state index is 13.3. The quantitative estimate of drug-likeness (QED) is 0.771. The number of carbonyl (C=O) groups is 1. The Balaban J connectivity index is 1.70. The van der Waals surface area contributed by atoms with Crippen LogP contribution in [0.15, 0.2) is 47.4 Å². The fourth-order valence-corrected chi connectivity index (χ4v) is 4.74. The molecule has 0 aliphatic carbocycles. The fourth-order valence-electron chi connectivity index (χ4n) is 3.22. The van der Waals surface area contributed by atoms with Crippen LogP contribution in [0.2, 0.25) is 0 Å². The number of nitrogens with zero attached hydrogens (tertiary/aromatic N) is 1. The molecule has 1 aliphatic rings. The lowest BCUT2D eigenvalue weighted by atomic mass is 9.98. The predicted molar refractivity (Wildman–Crippen MR) is 104 cm³/mol. The first-order chi connectivity index (χ1) is 13.8. The number of anilines is 1. The molecule has 2 aromatic rings. The van der Waals surface area contributed by atoms with Gasteiger partial charge in [-0.05, 0) is 56.2 Å². The fraction of sp³-hybridized carbons (Fsp3) is 0.350. The summed E-state index contributed by atoms with van der Waals surface area (Å²) in [6.45, 7) is 2.65. The van der Waals surface area contributed by atoms with E-state index in [9.17, 15) is 22.0 Å². The molecular formula is C20H22F2N2O4S. The molecule has 1 unspecified atom stereocenters. The summed E-state index contributed by atoms with van der Waals surface area (Å²) in [6.07, 6.45) is 1.02. The number of benzene rings is 2. The number of sulfonamides is 1. The van der Waals surface area contributed by atoms with Gasteiger partial charge in [0.1, 0.15) is 5.75 Å². The molecule has 1 heterocycles. The van der Waals surface area contributed by atoms with E-state index in [-0.39, 0.29) is 17.1 Å². The molecule has 9 heteroatoms. The molecule has 3 rings (SSSR count). The van der Waals surface area contributed by atoms with Gasteiger partial charge in [-0.2, -0.15) is 4.31 Å². The van der Waals surface area contributed by atoms with Crippen molar-refractivity contribution in [2.45, 2.75) is 24.7 Å². The van der Waals surface area contributed by atoms with Crippen LogP contribution in [0.3, 0.4) is 0 Å². The van der Waals surface area contributed by atoms with Crippen LogP contribution in [0.1, 0.15) is 19.8 Å². The van der Waals surface area contributed by atoms with Gasteiger partial charge >= 0.3 is 0 Å². The minimum Gasteiger partial charge on any atom is -0.494 e. The molecule has 0 bridgehead atoms. The number of ether oxygens (including phenoxy) is 1. The van der Waals surface area contributed by atoms with Crippen LogP contribution in [0.5, 0.6) is 5.75 Å². The van der Waals surface area contributed by atoms with Crippen LogP contribution in [0, 0.1) is 17.6 Å². The van der Waals surface area contributed by atoms with Crippen LogP contribution in [0.25, 0.3) is 0 Å². The zero-order chi connectivity index (χ0) is 21.0. The van der Waals surface area contributed by atoms with Crippen molar-refractivity contribution < 1.29 is 26.7 Å². The zero-order valence-electron chi connectivity index (χ0n) is 15.9. The Hall–Kier alpha value is -2.52. The minimum absolute atomic E-state index is 0.0189. The predicted octanol–water partition coefficient (Wildman–Crippen LogP) is 3.40. The smallest absolute Gasteiger partial charge is 0.243 e. The summed E-state index contributed by atoms with van der Waals surface area (Å²) in [5.41, 5.74) is 0.125. The van der Waals surface area contributed by atoms with E-state index in [1.54, 1.807) is 12.1 Å². The molecule has 0 spiro atoms. The van der Waals surface area contributed by atoms with Gasteiger partial charge in [0.05, 0.1) is 17.4 Å². The van der Waals surface area contributed by atoms with Gasteiger partial charge in [0.15, 0.2) is 11.6 Å². The highest BCUT2D eigenvalue weighted by atomic mass is 32.2. The van der Waals surface area contributed by atoms with Gasteiger partial charge in [0, 0.05) is 24.8 Å². The summed E-state index contributed by atoms with van der Waals surface area (Å²) in [4.78, 5) is 12.7. The number of hydrogen-bond donors (Lipinski definition) is 1. The second-order valence-electron chi connectivity index (χ2n) is 6.72. The summed E-state index contributed by atoms with van der Waals surface area (Å²) < 4.78 is 58.8. The van der Waals surface area contributed by atoms with Crippen molar-refractivity contribution in [1.29, 1.82) is 0 Å². The van der Waals surface area contributed by atoms with Crippen molar-refractivity contribution in [3.63, 3.8) is 0 Å². The number of halogens is 2. The van der Waals surface area contributed by atoms with E-state index < -0.39 is 33.5 Å². The molecule has 1 saturated heterocycles. The van der Waals surface area contributed by atoms with Gasteiger partial charge in [-0.3, -0.25) is 4.79 Å². The third-order valence-electron chi connectivity index (χ3n) is 4.71. The number of nitrogens with one attached hydrogen (secondary N) is 1. The second-order valence-corrected chi connectivity index (χ2v) is 8.66. The Bertz CT molecular complexity index is 980. The Morgan fingerprint density at radius 3 is 2.55 bits per heavy atom. The van der Waals surface area contributed by atoms with Crippen LogP contribution in [-0.4, -0.2) is 38.3 Å². The first kappa shape index (κ1) is 21.2. The van der Waals surface area contributed by atoms with Gasteiger partial charge in [0.2, 0.25) is 15.9 Å². The highest BCUT2D eigenvalue weighted by Gasteiger charge is 2.33. The summed E-state index contributed by atoms with van der Waals surface area (Å²) in [7, 11) is -3.76. The Morgan fingerprint density at radius 1 is 1.17 bits per heavy atom. The first-order valence-corrected chi connectivity index (χ1v) is 10.7. The van der Waals surface area contributed by atoms with Crippen molar-refractivity contribution in [2.75, 3.05) is 25.0 Å². The van der Waals surface area contributed by atoms with E-state index in [1.807, 2.05) is 6.92 Å². The third-order valence-corrected chi connectivity index (χ3v) is 6.59. The molecule has 6 nitrogen and oxygen atoms in total. The molecule has 156 valence electrons. The SMILES string of the molecule is CCOc1ccc(S(=O)(=O)N2CCCC(C(=O)Nc3ccc(F)c(F)c3)C2)cc1. The number of rotatable bonds is 6. The van der Waals surface area contributed by atoms with Crippen LogP contribution in [0.4, 0.5) is 14.5 Å². The zero-order valence-corrected chi connectivity index (χ0v) is 16.7. The summed E-state index contributed by atoms with van der Waals surface area (Å²) in [5, 5.41) is 2.53. The lowest BCUT2D eigenvalue weighted by Gasteiger charge is -2.31. The average molecular weight is 424 g/mol. The number of hydrogen-bond acceptors (Lipinski definition) is 4. The Morgan fingerprint density at radius 2 is 1.90 bits per heavy atom. The van der Waals surface area contributed by atoms with Gasteiger partial charge < -0.3 is 10.1 Å². The molecule has 1 aliphatic heterocycles. The lowest BCUT2D eigenvalue weighted by molar-refractivity contribution is -0.120. The highest BCUT2D eigenvalue weighted by Crippen LogP contribution is 2.26. The maximum Gasteiger partial charge on any atom is 0.243 e. The molecule has 1 fully saturated rings. The number of carbonyl (C=O) groups excluding carboxylic acids is 1. The van der Waals surface area contributed by atoms with Crippen molar-refractivity contribution in [2.24, 2.45) is 5.92 Å². The monoisotopic (exact) mass is 424 g/mol. The van der Waals surface area contributed by atoms with Gasteiger partial charge in [-0.15, -0.1) is 0 Å². The van der Waals surface area contributed by atoms with E-state index in [4.69, 9.17) is 4.74 Å². The van der Waals surface area contributed by atoms with Crippen molar-refractivity contribution in [1.82, 2.24) is 4.31 Å². The molecule has 0 radical (unpaired) electrons. The maximum atomic E-state index is 13.3. The van der Waals surface area contributed by atoms with Crippen molar-refractivity contribution >= 4 is 21.6 Å². The van der Waals surface area contributed by atoms with E-state index in [2.05, 4.69) is 5.32 Å². The Kier molecular flexibility index (Phi) is 6.49. The molecule has 0 saturated carbocycles. The van der Waals surface area contributed by atoms with Crippen LogP contribution < -0.4 is 10.1 Å². The third kappa shape index (κ3) is 4.91. The molecule has 1 atom stereocenters. The first-order valence-electron chi connectivity index (χ1n) is 9.30. The molecule has 1 amide bonds. The highest BCUT2D eigenvalue weighted by molar-refractivity contribution is 7.89. The molecule has 1 N–H and O–H groups in total. The number of amides is 1. The van der Waals surface area contributed by atoms with Gasteiger partial charge in [0.25, 0.3) is 0 Å². The van der Waals surface area contributed by atoms with E-state index >= 15 is 0 Å². The minimum atomic E-state index is -3.76. The summed E-state index contributed by atoms with van der Waals surface area (Å²) in [5.74, 6) is -2.51. The largest absolute Gasteiger partial charge is 0.494 e. The van der Waals surface area contributed by atoms with Crippen molar-refractivity contribution in [3.05, 3.63) is 54.1 Å². The molecule has 0 aromatic heterocycles. The molecule has 2 aromatic carbocycles. The second kappa shape index (κ2) is 8.87. The Labute approximate surface area is 168 Å². The van der Waals surface area contributed by atoms with E-state index in [0.29, 0.717) is 31.7 Å². The normalized spacial score (nSPS) is 17.7. The average Bonchev–Trinajstić information content (AvgIpc) is 2.71. The number of piperidine rings is 1. The lowest BCUT2D eigenvalue weighted by Crippen LogP contribution is -2.43. The summed E-state index contributed by atoms with van der Waals surface area (Å²) >= 11 is 0. The van der Waals surface area contributed by atoms with Crippen LogP contribution >= 0.6 is 0 Å². The van der Waals surface area contributed by atoms with Crippen molar-refractivity contribution in [3.8, 4) is 5.75 Å². The van der Waals surface area contributed by atoms with E-state index in [1.165, 1.54) is 22.5 Å². The van der Waals surface area contributed by atoms with E-state index in [0.717, 1.165) is 12.1 Å². The van der Waals surface area contributed by atoms with Gasteiger partial charge in [-0.1, -0.05) is 0 Å². The molecular weight excluding hydrogens is 402 g/mol. The van der Waals surface area contributed by atoms with Gasteiger partial charge in [-0.25, -0.2) is 17.2 Å². The summed E-state index contributed by atoms with van der Waals surface area (Å²) in [6, 6.07) is 9.21. The van der Waals surface area contributed by atoms with Crippen LogP contribution in [-0.2, 0) is 14.8 Å². The topological polar surface area (TPSA) is 75.7 Å². The standard InChI is InChI=1S/C20H22F2N2O4S/c1-2-28-16-6-8-17(9-7-16)29(26,27)24-11-3-4-14(13-24)20(25)23-15-5-10-18(21)19(22)12-15/h5-10,12,14H,2-4,11,13H2,1H3,(H,23,25).